The molecule has 4 heteroatoms. The van der Waals surface area contributed by atoms with Crippen molar-refractivity contribution in [3.8, 4) is 6.07 Å². The first kappa shape index (κ1) is 17.1. The number of hydrogen-bond donors (Lipinski definition) is 1. The highest BCUT2D eigenvalue weighted by molar-refractivity contribution is 5.34. The van der Waals surface area contributed by atoms with Gasteiger partial charge in [-0.1, -0.05) is 13.8 Å². The molecule has 0 amide bonds. The summed E-state index contributed by atoms with van der Waals surface area (Å²) >= 11 is 0. The zero-order valence-corrected chi connectivity index (χ0v) is 14.3. The van der Waals surface area contributed by atoms with E-state index in [1.165, 1.54) is 11.3 Å². The minimum Gasteiger partial charge on any atom is -0.393 e. The molecular formula is C18H29N3O. The number of nitrogens with zero attached hydrogens (tertiary/aromatic N) is 3. The Labute approximate surface area is 134 Å². The third-order valence-corrected chi connectivity index (χ3v) is 5.04. The second-order valence-electron chi connectivity index (χ2n) is 7.12. The van der Waals surface area contributed by atoms with Gasteiger partial charge in [0.25, 0.3) is 0 Å². The molecule has 1 fully saturated rings. The summed E-state index contributed by atoms with van der Waals surface area (Å²) in [5.74, 6) is 1.01. The number of piperidine rings is 1. The van der Waals surface area contributed by atoms with Crippen LogP contribution < -0.4 is 0 Å². The van der Waals surface area contributed by atoms with Gasteiger partial charge in [0.15, 0.2) is 0 Å². The standard InChI is InChI=1S/C18H29N3O/c1-13(2)9-18(22)15-5-7-21(8-6-15)12-16-10-17(11-19)20(4)14(16)3/h10,13,15,18,22H,5-9,12H2,1-4H3/t18-/m1/s1. The number of aromatic nitrogens is 1. The van der Waals surface area contributed by atoms with Crippen LogP contribution in [0.25, 0.3) is 0 Å². The second kappa shape index (κ2) is 7.30. The normalized spacial score (nSPS) is 18.6. The predicted molar refractivity (Wildman–Crippen MR) is 88.3 cm³/mol. The van der Waals surface area contributed by atoms with Crippen molar-refractivity contribution in [1.29, 1.82) is 5.26 Å². The fourth-order valence-corrected chi connectivity index (χ4v) is 3.44. The third kappa shape index (κ3) is 3.91. The van der Waals surface area contributed by atoms with Gasteiger partial charge in [-0.15, -0.1) is 0 Å². The third-order valence-electron chi connectivity index (χ3n) is 5.04. The largest absolute Gasteiger partial charge is 0.393 e. The Morgan fingerprint density at radius 2 is 2.00 bits per heavy atom. The van der Waals surface area contributed by atoms with Crippen LogP contribution in [0, 0.1) is 30.1 Å². The van der Waals surface area contributed by atoms with E-state index in [4.69, 9.17) is 5.26 Å². The highest BCUT2D eigenvalue weighted by Gasteiger charge is 2.26. The van der Waals surface area contributed by atoms with E-state index in [9.17, 15) is 5.11 Å². The molecule has 0 radical (unpaired) electrons. The smallest absolute Gasteiger partial charge is 0.120 e. The monoisotopic (exact) mass is 303 g/mol. The Hall–Kier alpha value is -1.31. The molecule has 1 aromatic heterocycles. The molecule has 1 aliphatic rings. The Balaban J connectivity index is 1.89. The molecule has 2 rings (SSSR count). The van der Waals surface area contributed by atoms with Crippen molar-refractivity contribution in [1.82, 2.24) is 9.47 Å². The van der Waals surface area contributed by atoms with Gasteiger partial charge < -0.3 is 9.67 Å². The van der Waals surface area contributed by atoms with Gasteiger partial charge in [-0.2, -0.15) is 5.26 Å². The lowest BCUT2D eigenvalue weighted by Gasteiger charge is -2.34. The lowest BCUT2D eigenvalue weighted by molar-refractivity contribution is 0.0436. The first-order valence-corrected chi connectivity index (χ1v) is 8.38. The van der Waals surface area contributed by atoms with Crippen molar-refractivity contribution in [3.63, 3.8) is 0 Å². The van der Waals surface area contributed by atoms with Gasteiger partial charge in [-0.3, -0.25) is 4.90 Å². The van der Waals surface area contributed by atoms with E-state index in [1.54, 1.807) is 0 Å². The van der Waals surface area contributed by atoms with Gasteiger partial charge in [0.05, 0.1) is 6.10 Å². The molecule has 1 aromatic rings. The summed E-state index contributed by atoms with van der Waals surface area (Å²) < 4.78 is 1.97. The average Bonchev–Trinajstić information content (AvgIpc) is 2.75. The molecule has 122 valence electrons. The van der Waals surface area contributed by atoms with Crippen LogP contribution in [0.15, 0.2) is 6.07 Å². The molecule has 0 saturated carbocycles. The molecule has 1 saturated heterocycles. The van der Waals surface area contributed by atoms with E-state index in [0.29, 0.717) is 11.8 Å². The lowest BCUT2D eigenvalue weighted by Crippen LogP contribution is -2.37. The van der Waals surface area contributed by atoms with Gasteiger partial charge in [-0.05, 0) is 62.7 Å². The van der Waals surface area contributed by atoms with Crippen LogP contribution >= 0.6 is 0 Å². The van der Waals surface area contributed by atoms with Gasteiger partial charge in [0, 0.05) is 19.3 Å². The number of aliphatic hydroxyl groups excluding tert-OH is 1. The quantitative estimate of drug-likeness (QED) is 0.910. The molecular weight excluding hydrogens is 274 g/mol. The number of likely N-dealkylation sites (tertiary alicyclic amines) is 1. The highest BCUT2D eigenvalue weighted by atomic mass is 16.3. The topological polar surface area (TPSA) is 52.2 Å². The van der Waals surface area contributed by atoms with Crippen molar-refractivity contribution in [2.75, 3.05) is 13.1 Å². The van der Waals surface area contributed by atoms with Crippen LogP contribution in [0.3, 0.4) is 0 Å². The van der Waals surface area contributed by atoms with Gasteiger partial charge in [0.1, 0.15) is 11.8 Å². The van der Waals surface area contributed by atoms with Crippen molar-refractivity contribution >= 4 is 0 Å². The molecule has 1 aliphatic heterocycles. The summed E-state index contributed by atoms with van der Waals surface area (Å²) in [6.45, 7) is 9.41. The summed E-state index contributed by atoms with van der Waals surface area (Å²) in [5.41, 5.74) is 3.16. The Morgan fingerprint density at radius 3 is 2.50 bits per heavy atom. The highest BCUT2D eigenvalue weighted by Crippen LogP contribution is 2.26. The molecule has 0 spiro atoms. The minimum absolute atomic E-state index is 0.147. The molecule has 0 unspecified atom stereocenters. The van der Waals surface area contributed by atoms with Crippen LogP contribution in [0.2, 0.25) is 0 Å². The molecule has 1 N–H and O–H groups in total. The summed E-state index contributed by atoms with van der Waals surface area (Å²) in [5, 5.41) is 19.4. The van der Waals surface area contributed by atoms with E-state index in [1.807, 2.05) is 17.7 Å². The molecule has 0 aliphatic carbocycles. The van der Waals surface area contributed by atoms with E-state index >= 15 is 0 Å². The van der Waals surface area contributed by atoms with Crippen LogP contribution in [0.5, 0.6) is 0 Å². The molecule has 0 bridgehead atoms. The number of rotatable bonds is 5. The first-order valence-electron chi connectivity index (χ1n) is 8.38. The summed E-state index contributed by atoms with van der Waals surface area (Å²) in [6, 6.07) is 4.25. The first-order chi connectivity index (χ1) is 10.4. The summed E-state index contributed by atoms with van der Waals surface area (Å²) in [6.07, 6.45) is 2.91. The summed E-state index contributed by atoms with van der Waals surface area (Å²) in [7, 11) is 1.95. The van der Waals surface area contributed by atoms with E-state index < -0.39 is 0 Å². The average molecular weight is 303 g/mol. The molecule has 0 aromatic carbocycles. The SMILES string of the molecule is Cc1c(CN2CCC([C@H](O)CC(C)C)CC2)cc(C#N)n1C. The van der Waals surface area contributed by atoms with Crippen LogP contribution in [-0.4, -0.2) is 33.8 Å². The molecule has 2 heterocycles. The second-order valence-corrected chi connectivity index (χ2v) is 7.12. The van der Waals surface area contributed by atoms with Gasteiger partial charge in [0.2, 0.25) is 0 Å². The van der Waals surface area contributed by atoms with Crippen LogP contribution in [0.4, 0.5) is 0 Å². The van der Waals surface area contributed by atoms with E-state index in [2.05, 4.69) is 31.7 Å². The number of nitriles is 1. The fourth-order valence-electron chi connectivity index (χ4n) is 3.44. The maximum atomic E-state index is 10.3. The Bertz CT molecular complexity index is 533. The summed E-state index contributed by atoms with van der Waals surface area (Å²) in [4.78, 5) is 2.45. The number of hydrogen-bond acceptors (Lipinski definition) is 3. The van der Waals surface area contributed by atoms with Crippen molar-refractivity contribution in [3.05, 3.63) is 23.0 Å². The maximum Gasteiger partial charge on any atom is 0.120 e. The van der Waals surface area contributed by atoms with Gasteiger partial charge in [-0.25, -0.2) is 0 Å². The minimum atomic E-state index is -0.147. The molecule has 1 atom stereocenters. The Morgan fingerprint density at radius 1 is 1.36 bits per heavy atom. The van der Waals surface area contributed by atoms with Crippen molar-refractivity contribution in [2.45, 2.75) is 52.7 Å². The predicted octanol–water partition coefficient (Wildman–Crippen LogP) is 2.82. The lowest BCUT2D eigenvalue weighted by atomic mass is 9.87. The number of aliphatic hydroxyl groups is 1. The molecule has 22 heavy (non-hydrogen) atoms. The zero-order valence-electron chi connectivity index (χ0n) is 14.3. The van der Waals surface area contributed by atoms with Gasteiger partial charge >= 0.3 is 0 Å². The van der Waals surface area contributed by atoms with E-state index in [0.717, 1.165) is 44.6 Å². The van der Waals surface area contributed by atoms with E-state index in [-0.39, 0.29) is 6.10 Å². The fraction of sp³-hybridized carbons (Fsp3) is 0.722. The van der Waals surface area contributed by atoms with Crippen LogP contribution in [-0.2, 0) is 13.6 Å². The van der Waals surface area contributed by atoms with Crippen molar-refractivity contribution < 1.29 is 5.11 Å². The van der Waals surface area contributed by atoms with Crippen molar-refractivity contribution in [2.24, 2.45) is 18.9 Å². The maximum absolute atomic E-state index is 10.3. The van der Waals surface area contributed by atoms with Crippen LogP contribution in [0.1, 0.15) is 50.1 Å². The Kier molecular flexibility index (Phi) is 5.66. The zero-order chi connectivity index (χ0) is 16.3. The molecule has 4 nitrogen and oxygen atoms in total.